The average Bonchev–Trinajstić information content (AvgIpc) is 2.33. The second-order valence-electron chi connectivity index (χ2n) is 4.40. The summed E-state index contributed by atoms with van der Waals surface area (Å²) in [6.07, 6.45) is 0.950. The van der Waals surface area contributed by atoms with Gasteiger partial charge in [0.05, 0.1) is 6.10 Å². The van der Waals surface area contributed by atoms with Crippen LogP contribution in [-0.2, 0) is 0 Å². The Labute approximate surface area is 115 Å². The third-order valence-corrected chi connectivity index (χ3v) is 3.67. The SMILES string of the molecule is Cc1ccnc(Sc2cc(C)c(F)cc2[C@@H](C)O)n1. The molecule has 0 amide bonds. The van der Waals surface area contributed by atoms with Crippen LogP contribution in [-0.4, -0.2) is 15.1 Å². The maximum absolute atomic E-state index is 13.6. The van der Waals surface area contributed by atoms with Gasteiger partial charge in [0, 0.05) is 16.8 Å². The Kier molecular flexibility index (Phi) is 4.17. The molecule has 1 heterocycles. The maximum Gasteiger partial charge on any atom is 0.192 e. The lowest BCUT2D eigenvalue weighted by Crippen LogP contribution is -1.98. The molecule has 0 spiro atoms. The molecule has 0 bridgehead atoms. The normalized spacial score (nSPS) is 12.5. The Morgan fingerprint density at radius 1 is 1.32 bits per heavy atom. The number of benzene rings is 1. The van der Waals surface area contributed by atoms with E-state index in [9.17, 15) is 9.50 Å². The molecule has 0 radical (unpaired) electrons. The molecule has 2 rings (SSSR count). The Balaban J connectivity index is 2.41. The van der Waals surface area contributed by atoms with E-state index in [4.69, 9.17) is 0 Å². The molecule has 0 saturated carbocycles. The fourth-order valence-corrected chi connectivity index (χ4v) is 2.74. The number of hydrogen-bond acceptors (Lipinski definition) is 4. The predicted octanol–water partition coefficient (Wildman–Crippen LogP) is 3.44. The molecule has 1 N–H and O–H groups in total. The van der Waals surface area contributed by atoms with E-state index in [0.29, 0.717) is 16.3 Å². The topological polar surface area (TPSA) is 46.0 Å². The number of hydrogen-bond donors (Lipinski definition) is 1. The Morgan fingerprint density at radius 3 is 2.68 bits per heavy atom. The van der Waals surface area contributed by atoms with Crippen LogP contribution in [0.4, 0.5) is 4.39 Å². The van der Waals surface area contributed by atoms with Crippen LogP contribution >= 0.6 is 11.8 Å². The number of halogens is 1. The van der Waals surface area contributed by atoms with Crippen LogP contribution in [0.15, 0.2) is 34.4 Å². The number of aryl methyl sites for hydroxylation is 2. The van der Waals surface area contributed by atoms with Gasteiger partial charge in [-0.05, 0) is 61.9 Å². The molecule has 0 fully saturated rings. The number of aliphatic hydroxyl groups excluding tert-OH is 1. The van der Waals surface area contributed by atoms with Crippen LogP contribution in [0.1, 0.15) is 29.8 Å². The second kappa shape index (κ2) is 5.67. The van der Waals surface area contributed by atoms with Crippen molar-refractivity contribution in [1.82, 2.24) is 9.97 Å². The van der Waals surface area contributed by atoms with E-state index >= 15 is 0 Å². The van der Waals surface area contributed by atoms with Crippen LogP contribution in [0, 0.1) is 19.7 Å². The van der Waals surface area contributed by atoms with Gasteiger partial charge < -0.3 is 5.11 Å². The molecule has 1 atom stereocenters. The van der Waals surface area contributed by atoms with Gasteiger partial charge in [0.1, 0.15) is 5.82 Å². The van der Waals surface area contributed by atoms with Crippen LogP contribution in [0.25, 0.3) is 0 Å². The summed E-state index contributed by atoms with van der Waals surface area (Å²) >= 11 is 1.33. The molecule has 0 aliphatic rings. The fourth-order valence-electron chi connectivity index (χ4n) is 1.66. The van der Waals surface area contributed by atoms with Crippen LogP contribution < -0.4 is 0 Å². The Morgan fingerprint density at radius 2 is 2.05 bits per heavy atom. The Hall–Kier alpha value is -1.46. The average molecular weight is 278 g/mol. The van der Waals surface area contributed by atoms with E-state index in [0.717, 1.165) is 10.6 Å². The van der Waals surface area contributed by atoms with Crippen LogP contribution in [0.3, 0.4) is 0 Å². The highest BCUT2D eigenvalue weighted by atomic mass is 32.2. The van der Waals surface area contributed by atoms with E-state index in [1.807, 2.05) is 13.0 Å². The minimum Gasteiger partial charge on any atom is -0.389 e. The predicted molar refractivity (Wildman–Crippen MR) is 72.7 cm³/mol. The van der Waals surface area contributed by atoms with E-state index in [1.54, 1.807) is 26.1 Å². The molecule has 19 heavy (non-hydrogen) atoms. The zero-order valence-corrected chi connectivity index (χ0v) is 11.8. The van der Waals surface area contributed by atoms with E-state index in [1.165, 1.54) is 17.8 Å². The van der Waals surface area contributed by atoms with Gasteiger partial charge in [-0.1, -0.05) is 0 Å². The van der Waals surface area contributed by atoms with Crippen molar-refractivity contribution in [3.63, 3.8) is 0 Å². The third kappa shape index (κ3) is 3.30. The van der Waals surface area contributed by atoms with Crippen molar-refractivity contribution < 1.29 is 9.50 Å². The van der Waals surface area contributed by atoms with Crippen molar-refractivity contribution in [3.05, 3.63) is 47.0 Å². The lowest BCUT2D eigenvalue weighted by molar-refractivity contribution is 0.196. The van der Waals surface area contributed by atoms with Gasteiger partial charge in [0.2, 0.25) is 0 Å². The number of rotatable bonds is 3. The highest BCUT2D eigenvalue weighted by Gasteiger charge is 2.14. The molecule has 0 aliphatic carbocycles. The van der Waals surface area contributed by atoms with Crippen molar-refractivity contribution in [2.45, 2.75) is 36.9 Å². The molecule has 0 aliphatic heterocycles. The highest BCUT2D eigenvalue weighted by Crippen LogP contribution is 2.33. The number of aliphatic hydroxyl groups is 1. The molecular formula is C14H15FN2OS. The summed E-state index contributed by atoms with van der Waals surface area (Å²) in [6.45, 7) is 5.20. The van der Waals surface area contributed by atoms with Crippen molar-refractivity contribution in [2.24, 2.45) is 0 Å². The lowest BCUT2D eigenvalue weighted by atomic mass is 10.1. The quantitative estimate of drug-likeness (QED) is 0.874. The van der Waals surface area contributed by atoms with Gasteiger partial charge >= 0.3 is 0 Å². The summed E-state index contributed by atoms with van der Waals surface area (Å²) in [5.41, 5.74) is 1.97. The molecule has 0 unspecified atom stereocenters. The molecule has 100 valence electrons. The first kappa shape index (κ1) is 14.0. The minimum atomic E-state index is -0.734. The molecule has 3 nitrogen and oxygen atoms in total. The fraction of sp³-hybridized carbons (Fsp3) is 0.286. The van der Waals surface area contributed by atoms with Crippen molar-refractivity contribution >= 4 is 11.8 Å². The van der Waals surface area contributed by atoms with Crippen molar-refractivity contribution in [3.8, 4) is 0 Å². The van der Waals surface area contributed by atoms with Crippen LogP contribution in [0.2, 0.25) is 0 Å². The number of nitrogens with zero attached hydrogens (tertiary/aromatic N) is 2. The zero-order chi connectivity index (χ0) is 14.0. The first-order valence-corrected chi connectivity index (χ1v) is 6.74. The third-order valence-electron chi connectivity index (χ3n) is 2.72. The largest absolute Gasteiger partial charge is 0.389 e. The summed E-state index contributed by atoms with van der Waals surface area (Å²) in [4.78, 5) is 9.24. The van der Waals surface area contributed by atoms with Crippen molar-refractivity contribution in [1.29, 1.82) is 0 Å². The Bertz CT molecular complexity index is 602. The highest BCUT2D eigenvalue weighted by molar-refractivity contribution is 7.99. The van der Waals surface area contributed by atoms with Gasteiger partial charge in [-0.3, -0.25) is 0 Å². The second-order valence-corrected chi connectivity index (χ2v) is 5.41. The van der Waals surface area contributed by atoms with E-state index in [2.05, 4.69) is 9.97 Å². The smallest absolute Gasteiger partial charge is 0.192 e. The van der Waals surface area contributed by atoms with Crippen LogP contribution in [0.5, 0.6) is 0 Å². The maximum atomic E-state index is 13.6. The molecular weight excluding hydrogens is 263 g/mol. The molecule has 5 heteroatoms. The van der Waals surface area contributed by atoms with Crippen molar-refractivity contribution in [2.75, 3.05) is 0 Å². The summed E-state index contributed by atoms with van der Waals surface area (Å²) in [7, 11) is 0. The summed E-state index contributed by atoms with van der Waals surface area (Å²) in [6, 6.07) is 4.90. The molecule has 2 aromatic rings. The zero-order valence-electron chi connectivity index (χ0n) is 11.0. The first-order chi connectivity index (χ1) is 8.97. The molecule has 1 aromatic carbocycles. The van der Waals surface area contributed by atoms with Gasteiger partial charge in [-0.25, -0.2) is 14.4 Å². The van der Waals surface area contributed by atoms with Gasteiger partial charge in [-0.15, -0.1) is 0 Å². The van der Waals surface area contributed by atoms with Gasteiger partial charge in [0.15, 0.2) is 5.16 Å². The van der Waals surface area contributed by atoms with Gasteiger partial charge in [0.25, 0.3) is 0 Å². The lowest BCUT2D eigenvalue weighted by Gasteiger charge is -2.12. The number of aromatic nitrogens is 2. The van der Waals surface area contributed by atoms with E-state index in [-0.39, 0.29) is 5.82 Å². The summed E-state index contributed by atoms with van der Waals surface area (Å²) in [5, 5.41) is 10.3. The van der Waals surface area contributed by atoms with E-state index < -0.39 is 6.10 Å². The minimum absolute atomic E-state index is 0.314. The summed E-state index contributed by atoms with van der Waals surface area (Å²) < 4.78 is 13.6. The molecule has 0 saturated heterocycles. The first-order valence-electron chi connectivity index (χ1n) is 5.93. The summed E-state index contributed by atoms with van der Waals surface area (Å²) in [5.74, 6) is -0.314. The standard InChI is InChI=1S/C14H15FN2OS/c1-8-6-13(11(10(3)18)7-12(8)15)19-14-16-5-4-9(2)17-14/h4-7,10,18H,1-3H3/t10-/m1/s1. The molecule has 1 aromatic heterocycles. The van der Waals surface area contributed by atoms with Gasteiger partial charge in [-0.2, -0.15) is 0 Å². The monoisotopic (exact) mass is 278 g/mol.